The number of hydrogen-bond acceptors (Lipinski definition) is 6. The standard InChI is InChI=1S/C23H25BrClN3O4S/c1-4-31-21(29)23(2,3)11-12-32-20-10-9-18(13-19(20)25)33-15-28-22(30)27(14-26-28)17-7-5-16(24)6-8-17/h5-10,13-14H,4,11-12,15H2,1-3H3. The zero-order valence-corrected chi connectivity index (χ0v) is 21.7. The zero-order chi connectivity index (χ0) is 24.0. The predicted octanol–water partition coefficient (Wildman–Crippen LogP) is 5.56. The molecule has 1 aromatic heterocycles. The number of rotatable bonds is 10. The van der Waals surface area contributed by atoms with E-state index >= 15 is 0 Å². The van der Waals surface area contributed by atoms with Crippen LogP contribution in [0, 0.1) is 5.41 Å². The van der Waals surface area contributed by atoms with Crippen LogP contribution < -0.4 is 10.4 Å². The molecule has 0 N–H and O–H groups in total. The topological polar surface area (TPSA) is 75.3 Å². The molecule has 0 amide bonds. The van der Waals surface area contributed by atoms with Crippen molar-refractivity contribution in [2.24, 2.45) is 5.41 Å². The molecule has 0 radical (unpaired) electrons. The second-order valence-electron chi connectivity index (χ2n) is 7.83. The Bertz CT molecular complexity index is 1160. The second-order valence-corrected chi connectivity index (χ2v) is 10.2. The van der Waals surface area contributed by atoms with Crippen LogP contribution in [-0.2, 0) is 15.4 Å². The third-order valence-corrected chi connectivity index (χ3v) is 6.69. The molecule has 10 heteroatoms. The van der Waals surface area contributed by atoms with Crippen LogP contribution in [0.2, 0.25) is 5.02 Å². The van der Waals surface area contributed by atoms with Gasteiger partial charge in [0.1, 0.15) is 12.1 Å². The Balaban J connectivity index is 1.57. The molecule has 0 aliphatic rings. The maximum Gasteiger partial charge on any atom is 0.351 e. The van der Waals surface area contributed by atoms with E-state index in [4.69, 9.17) is 21.1 Å². The fraction of sp³-hybridized carbons (Fsp3) is 0.348. The molecular weight excluding hydrogens is 530 g/mol. The number of esters is 1. The van der Waals surface area contributed by atoms with E-state index in [1.165, 1.54) is 27.3 Å². The lowest BCUT2D eigenvalue weighted by Crippen LogP contribution is -2.28. The molecule has 0 spiro atoms. The molecule has 0 bridgehead atoms. The largest absolute Gasteiger partial charge is 0.492 e. The van der Waals surface area contributed by atoms with Crippen LogP contribution >= 0.6 is 39.3 Å². The van der Waals surface area contributed by atoms with E-state index < -0.39 is 5.41 Å². The molecule has 0 aliphatic carbocycles. The van der Waals surface area contributed by atoms with Crippen molar-refractivity contribution >= 4 is 45.3 Å². The fourth-order valence-corrected chi connectivity index (χ4v) is 4.25. The van der Waals surface area contributed by atoms with E-state index in [9.17, 15) is 9.59 Å². The zero-order valence-electron chi connectivity index (χ0n) is 18.6. The Kier molecular flexibility index (Phi) is 8.67. The average molecular weight is 555 g/mol. The molecule has 0 saturated carbocycles. The van der Waals surface area contributed by atoms with Gasteiger partial charge in [-0.1, -0.05) is 27.5 Å². The van der Waals surface area contributed by atoms with Crippen LogP contribution in [0.5, 0.6) is 5.75 Å². The van der Waals surface area contributed by atoms with Crippen molar-refractivity contribution in [1.82, 2.24) is 14.3 Å². The number of nitrogens with zero attached hydrogens (tertiary/aromatic N) is 3. The monoisotopic (exact) mass is 553 g/mol. The van der Waals surface area contributed by atoms with Gasteiger partial charge in [0.05, 0.1) is 35.2 Å². The van der Waals surface area contributed by atoms with Crippen molar-refractivity contribution in [2.75, 3.05) is 13.2 Å². The molecule has 7 nitrogen and oxygen atoms in total. The highest BCUT2D eigenvalue weighted by Gasteiger charge is 2.29. The van der Waals surface area contributed by atoms with Crippen molar-refractivity contribution in [3.05, 3.63) is 68.8 Å². The van der Waals surface area contributed by atoms with Crippen molar-refractivity contribution in [1.29, 1.82) is 0 Å². The Morgan fingerprint density at radius 2 is 1.94 bits per heavy atom. The summed E-state index contributed by atoms with van der Waals surface area (Å²) in [6.07, 6.45) is 2.01. The number of aromatic nitrogens is 3. The summed E-state index contributed by atoms with van der Waals surface area (Å²) in [6, 6.07) is 12.9. The molecule has 33 heavy (non-hydrogen) atoms. The van der Waals surface area contributed by atoms with Crippen molar-refractivity contribution in [2.45, 2.75) is 38.0 Å². The lowest BCUT2D eigenvalue weighted by molar-refractivity contribution is -0.154. The fourth-order valence-electron chi connectivity index (χ4n) is 2.87. The van der Waals surface area contributed by atoms with E-state index in [1.807, 2.05) is 44.2 Å². The molecule has 0 fully saturated rings. The SMILES string of the molecule is CCOC(=O)C(C)(C)CCOc1ccc(SCn2ncn(-c3ccc(Br)cc3)c2=O)cc1Cl. The summed E-state index contributed by atoms with van der Waals surface area (Å²) in [6.45, 7) is 6.13. The van der Waals surface area contributed by atoms with Gasteiger partial charge in [0, 0.05) is 9.37 Å². The van der Waals surface area contributed by atoms with Crippen molar-refractivity contribution in [3.8, 4) is 11.4 Å². The summed E-state index contributed by atoms with van der Waals surface area (Å²) in [5.41, 5.74) is -0.110. The minimum Gasteiger partial charge on any atom is -0.492 e. The summed E-state index contributed by atoms with van der Waals surface area (Å²) in [4.78, 5) is 25.5. The number of benzene rings is 2. The summed E-state index contributed by atoms with van der Waals surface area (Å²) < 4.78 is 14.7. The minimum absolute atomic E-state index is 0.222. The van der Waals surface area contributed by atoms with Gasteiger partial charge in [-0.05, 0) is 69.7 Å². The van der Waals surface area contributed by atoms with Gasteiger partial charge in [0.15, 0.2) is 0 Å². The molecule has 3 rings (SSSR count). The molecule has 176 valence electrons. The molecule has 1 heterocycles. The summed E-state index contributed by atoms with van der Waals surface area (Å²) in [5, 5.41) is 4.66. The summed E-state index contributed by atoms with van der Waals surface area (Å²) in [7, 11) is 0. The Labute approximate surface area is 210 Å². The molecule has 3 aromatic rings. The highest BCUT2D eigenvalue weighted by atomic mass is 79.9. The van der Waals surface area contributed by atoms with E-state index in [0.29, 0.717) is 36.3 Å². The Morgan fingerprint density at radius 3 is 2.61 bits per heavy atom. The van der Waals surface area contributed by atoms with Gasteiger partial charge in [-0.3, -0.25) is 4.79 Å². The smallest absolute Gasteiger partial charge is 0.351 e. The van der Waals surface area contributed by atoms with Gasteiger partial charge in [-0.2, -0.15) is 5.10 Å². The summed E-state index contributed by atoms with van der Waals surface area (Å²) >= 11 is 11.2. The Morgan fingerprint density at radius 1 is 1.21 bits per heavy atom. The molecule has 2 aromatic carbocycles. The number of ether oxygens (including phenoxy) is 2. The highest BCUT2D eigenvalue weighted by molar-refractivity contribution is 9.10. The minimum atomic E-state index is -0.634. The first-order valence-corrected chi connectivity index (χ1v) is 12.5. The average Bonchev–Trinajstić information content (AvgIpc) is 3.14. The van der Waals surface area contributed by atoms with Crippen molar-refractivity contribution < 1.29 is 14.3 Å². The Hall–Kier alpha value is -2.23. The molecule has 0 saturated heterocycles. The third-order valence-electron chi connectivity index (χ3n) is 4.91. The maximum atomic E-state index is 12.6. The molecular formula is C23H25BrClN3O4S. The van der Waals surface area contributed by atoms with Crippen LogP contribution in [0.15, 0.2) is 63.0 Å². The number of thioether (sulfide) groups is 1. The quantitative estimate of drug-likeness (QED) is 0.241. The molecule has 0 aliphatic heterocycles. The lowest BCUT2D eigenvalue weighted by Gasteiger charge is -2.22. The van der Waals surface area contributed by atoms with E-state index in [0.717, 1.165) is 15.1 Å². The first-order valence-electron chi connectivity index (χ1n) is 10.3. The number of halogens is 2. The van der Waals surface area contributed by atoms with Gasteiger partial charge in [-0.25, -0.2) is 14.0 Å². The molecule has 0 atom stereocenters. The van der Waals surface area contributed by atoms with E-state index in [1.54, 1.807) is 19.1 Å². The van der Waals surface area contributed by atoms with Gasteiger partial charge in [0.2, 0.25) is 0 Å². The first-order chi connectivity index (χ1) is 15.7. The van der Waals surface area contributed by atoms with E-state index in [-0.39, 0.29) is 11.7 Å². The first kappa shape index (κ1) is 25.4. The summed E-state index contributed by atoms with van der Waals surface area (Å²) in [5.74, 6) is 0.633. The van der Waals surface area contributed by atoms with Gasteiger partial charge < -0.3 is 9.47 Å². The van der Waals surface area contributed by atoms with Crippen molar-refractivity contribution in [3.63, 3.8) is 0 Å². The second kappa shape index (κ2) is 11.3. The van der Waals surface area contributed by atoms with E-state index in [2.05, 4.69) is 21.0 Å². The van der Waals surface area contributed by atoms with Gasteiger partial charge in [-0.15, -0.1) is 11.8 Å². The maximum absolute atomic E-state index is 12.6. The highest BCUT2D eigenvalue weighted by Crippen LogP contribution is 2.31. The molecule has 0 unspecified atom stereocenters. The van der Waals surface area contributed by atoms with Crippen LogP contribution in [0.3, 0.4) is 0 Å². The van der Waals surface area contributed by atoms with Crippen LogP contribution in [0.1, 0.15) is 27.2 Å². The predicted molar refractivity (Wildman–Crippen MR) is 133 cm³/mol. The lowest BCUT2D eigenvalue weighted by atomic mass is 9.90. The van der Waals surface area contributed by atoms with Crippen LogP contribution in [0.25, 0.3) is 5.69 Å². The van der Waals surface area contributed by atoms with Crippen LogP contribution in [-0.4, -0.2) is 33.5 Å². The third kappa shape index (κ3) is 6.65. The van der Waals surface area contributed by atoms with Gasteiger partial charge in [0.25, 0.3) is 0 Å². The number of carbonyl (C=O) groups is 1. The normalized spacial score (nSPS) is 11.4. The van der Waals surface area contributed by atoms with Gasteiger partial charge >= 0.3 is 11.7 Å². The number of hydrogen-bond donors (Lipinski definition) is 0. The number of carbonyl (C=O) groups excluding carboxylic acids is 1. The van der Waals surface area contributed by atoms with Crippen LogP contribution in [0.4, 0.5) is 0 Å².